The van der Waals surface area contributed by atoms with Crippen LogP contribution in [0.25, 0.3) is 0 Å². The number of carbonyl (C=O) groups is 2. The normalized spacial score (nSPS) is 13.7. The maximum absolute atomic E-state index is 11.0. The first kappa shape index (κ1) is 14.1. The molecule has 2 unspecified atom stereocenters. The van der Waals surface area contributed by atoms with Crippen molar-refractivity contribution in [1.82, 2.24) is 4.98 Å². The predicted molar refractivity (Wildman–Crippen MR) is 58.8 cm³/mol. The molecule has 98 valence electrons. The Morgan fingerprint density at radius 2 is 2.11 bits per heavy atom. The summed E-state index contributed by atoms with van der Waals surface area (Å²) in [7, 11) is 1.15. The van der Waals surface area contributed by atoms with Gasteiger partial charge in [-0.15, -0.1) is 0 Å². The molecule has 0 aliphatic carbocycles. The molecule has 0 fully saturated rings. The Morgan fingerprint density at radius 1 is 1.44 bits per heavy atom. The van der Waals surface area contributed by atoms with Crippen molar-refractivity contribution in [1.29, 1.82) is 0 Å². The quantitative estimate of drug-likeness (QED) is 0.620. The molecule has 18 heavy (non-hydrogen) atoms. The Kier molecular flexibility index (Phi) is 4.75. The second-order valence-corrected chi connectivity index (χ2v) is 3.54. The van der Waals surface area contributed by atoms with Crippen LogP contribution in [0.2, 0.25) is 0 Å². The molecule has 1 aromatic rings. The number of methoxy groups -OCH3 is 1. The lowest BCUT2D eigenvalue weighted by Gasteiger charge is -2.18. The van der Waals surface area contributed by atoms with Crippen molar-refractivity contribution in [3.63, 3.8) is 0 Å². The van der Waals surface area contributed by atoms with Gasteiger partial charge in [0.1, 0.15) is 6.10 Å². The maximum atomic E-state index is 11.0. The van der Waals surface area contributed by atoms with Crippen LogP contribution in [0.4, 0.5) is 0 Å². The van der Waals surface area contributed by atoms with Gasteiger partial charge in [-0.3, -0.25) is 4.79 Å². The third-order valence-electron chi connectivity index (χ3n) is 2.33. The van der Waals surface area contributed by atoms with Gasteiger partial charge >= 0.3 is 11.9 Å². The highest BCUT2D eigenvalue weighted by Gasteiger charge is 2.26. The van der Waals surface area contributed by atoms with E-state index in [0.717, 1.165) is 7.11 Å². The number of esters is 1. The first-order chi connectivity index (χ1) is 8.47. The van der Waals surface area contributed by atoms with Crippen molar-refractivity contribution < 1.29 is 29.6 Å². The maximum Gasteiger partial charge on any atom is 0.354 e. The van der Waals surface area contributed by atoms with E-state index in [1.807, 2.05) is 0 Å². The Balaban J connectivity index is 2.92. The first-order valence-corrected chi connectivity index (χ1v) is 5.08. The van der Waals surface area contributed by atoms with Gasteiger partial charge in [-0.1, -0.05) is 6.07 Å². The van der Waals surface area contributed by atoms with E-state index in [9.17, 15) is 19.8 Å². The molecule has 7 nitrogen and oxygen atoms in total. The topological polar surface area (TPSA) is 117 Å². The number of aromatic nitrogens is 1. The second kappa shape index (κ2) is 6.08. The standard InChI is InChI=1S/C11H13NO6/c1-18-8(14)5-7(13)10(15)6-3-2-4-12-9(6)11(16)17/h2-4,7,10,13,15H,5H2,1H3,(H,16,17). The van der Waals surface area contributed by atoms with E-state index in [1.165, 1.54) is 18.3 Å². The smallest absolute Gasteiger partial charge is 0.354 e. The summed E-state index contributed by atoms with van der Waals surface area (Å²) in [6.45, 7) is 0. The van der Waals surface area contributed by atoms with Crippen LogP contribution in [-0.2, 0) is 9.53 Å². The highest BCUT2D eigenvalue weighted by atomic mass is 16.5. The molecule has 0 spiro atoms. The van der Waals surface area contributed by atoms with Crippen molar-refractivity contribution in [3.8, 4) is 0 Å². The zero-order chi connectivity index (χ0) is 13.7. The zero-order valence-electron chi connectivity index (χ0n) is 9.61. The number of aromatic carboxylic acids is 1. The fourth-order valence-electron chi connectivity index (χ4n) is 1.41. The zero-order valence-corrected chi connectivity index (χ0v) is 9.61. The largest absolute Gasteiger partial charge is 0.477 e. The summed E-state index contributed by atoms with van der Waals surface area (Å²) in [5, 5.41) is 28.3. The molecule has 0 radical (unpaired) electrons. The van der Waals surface area contributed by atoms with Crippen molar-refractivity contribution in [2.24, 2.45) is 0 Å². The molecular weight excluding hydrogens is 242 g/mol. The van der Waals surface area contributed by atoms with Gasteiger partial charge < -0.3 is 20.1 Å². The number of ether oxygens (including phenoxy) is 1. The average Bonchev–Trinajstić information content (AvgIpc) is 2.37. The van der Waals surface area contributed by atoms with Crippen LogP contribution >= 0.6 is 0 Å². The third-order valence-corrected chi connectivity index (χ3v) is 2.33. The van der Waals surface area contributed by atoms with Gasteiger partial charge in [0, 0.05) is 11.8 Å². The third kappa shape index (κ3) is 3.25. The van der Waals surface area contributed by atoms with Crippen LogP contribution in [0, 0.1) is 0 Å². The van der Waals surface area contributed by atoms with E-state index in [-0.39, 0.29) is 11.3 Å². The molecule has 0 saturated carbocycles. The van der Waals surface area contributed by atoms with Crippen molar-refractivity contribution in [2.45, 2.75) is 18.6 Å². The van der Waals surface area contributed by atoms with Crippen molar-refractivity contribution >= 4 is 11.9 Å². The molecule has 1 rings (SSSR count). The Bertz CT molecular complexity index is 447. The number of nitrogens with zero attached hydrogens (tertiary/aromatic N) is 1. The van der Waals surface area contributed by atoms with Gasteiger partial charge in [-0.05, 0) is 6.07 Å². The predicted octanol–water partition coefficient (Wildman–Crippen LogP) is -0.263. The molecule has 0 saturated heterocycles. The van der Waals surface area contributed by atoms with Gasteiger partial charge in [0.05, 0.1) is 19.6 Å². The van der Waals surface area contributed by atoms with E-state index in [4.69, 9.17) is 5.11 Å². The lowest BCUT2D eigenvalue weighted by molar-refractivity contribution is -0.144. The molecule has 7 heteroatoms. The molecule has 0 amide bonds. The van der Waals surface area contributed by atoms with E-state index in [1.54, 1.807) is 0 Å². The first-order valence-electron chi connectivity index (χ1n) is 5.08. The molecule has 0 bridgehead atoms. The number of rotatable bonds is 5. The van der Waals surface area contributed by atoms with Gasteiger partial charge in [0.25, 0.3) is 0 Å². The lowest BCUT2D eigenvalue weighted by atomic mass is 10.0. The Morgan fingerprint density at radius 3 is 2.67 bits per heavy atom. The highest BCUT2D eigenvalue weighted by Crippen LogP contribution is 2.21. The van der Waals surface area contributed by atoms with Crippen LogP contribution in [0.3, 0.4) is 0 Å². The number of aliphatic hydroxyl groups is 2. The summed E-state index contributed by atoms with van der Waals surface area (Å²) in [6, 6.07) is 2.75. The van der Waals surface area contributed by atoms with Gasteiger partial charge in [0.15, 0.2) is 5.69 Å². The molecular formula is C11H13NO6. The summed E-state index contributed by atoms with van der Waals surface area (Å²) < 4.78 is 4.34. The summed E-state index contributed by atoms with van der Waals surface area (Å²) in [5.74, 6) is -2.03. The molecule has 0 aromatic carbocycles. The van der Waals surface area contributed by atoms with Crippen LogP contribution in [0.1, 0.15) is 28.6 Å². The number of aliphatic hydroxyl groups excluding tert-OH is 2. The minimum atomic E-state index is -1.52. The molecule has 3 N–H and O–H groups in total. The number of carboxylic acid groups (broad SMARTS) is 1. The summed E-state index contributed by atoms with van der Waals surface area (Å²) in [6.07, 6.45) is -2.17. The molecule has 1 heterocycles. The summed E-state index contributed by atoms with van der Waals surface area (Å²) in [5.41, 5.74) is -0.421. The van der Waals surface area contributed by atoms with Crippen LogP contribution in [0.15, 0.2) is 18.3 Å². The van der Waals surface area contributed by atoms with Crippen LogP contribution in [0.5, 0.6) is 0 Å². The van der Waals surface area contributed by atoms with E-state index >= 15 is 0 Å². The van der Waals surface area contributed by atoms with E-state index in [0.29, 0.717) is 0 Å². The summed E-state index contributed by atoms with van der Waals surface area (Å²) >= 11 is 0. The van der Waals surface area contributed by atoms with E-state index < -0.39 is 30.6 Å². The minimum Gasteiger partial charge on any atom is -0.477 e. The second-order valence-electron chi connectivity index (χ2n) is 3.54. The van der Waals surface area contributed by atoms with Crippen LogP contribution < -0.4 is 0 Å². The monoisotopic (exact) mass is 255 g/mol. The average molecular weight is 255 g/mol. The minimum absolute atomic E-state index is 0.0543. The molecule has 0 aliphatic heterocycles. The van der Waals surface area contributed by atoms with Gasteiger partial charge in [-0.25, -0.2) is 9.78 Å². The number of hydrogen-bond donors (Lipinski definition) is 3. The SMILES string of the molecule is COC(=O)CC(O)C(O)c1cccnc1C(=O)O. The lowest BCUT2D eigenvalue weighted by Crippen LogP contribution is -2.24. The Hall–Kier alpha value is -1.99. The van der Waals surface area contributed by atoms with E-state index in [2.05, 4.69) is 9.72 Å². The summed E-state index contributed by atoms with van der Waals surface area (Å²) in [4.78, 5) is 25.4. The number of carboxylic acids is 1. The number of pyridine rings is 1. The number of hydrogen-bond acceptors (Lipinski definition) is 6. The Labute approximate surface area is 103 Å². The fourth-order valence-corrected chi connectivity index (χ4v) is 1.41. The molecule has 0 aliphatic rings. The van der Waals surface area contributed by atoms with Crippen LogP contribution in [-0.4, -0.2) is 45.5 Å². The highest BCUT2D eigenvalue weighted by molar-refractivity contribution is 5.87. The van der Waals surface area contributed by atoms with Crippen molar-refractivity contribution in [3.05, 3.63) is 29.6 Å². The van der Waals surface area contributed by atoms with Crippen molar-refractivity contribution in [2.75, 3.05) is 7.11 Å². The molecule has 1 aromatic heterocycles. The van der Waals surface area contributed by atoms with Gasteiger partial charge in [0.2, 0.25) is 0 Å². The number of carbonyl (C=O) groups excluding carboxylic acids is 1. The fraction of sp³-hybridized carbons (Fsp3) is 0.364. The molecule has 2 atom stereocenters. The van der Waals surface area contributed by atoms with Gasteiger partial charge in [-0.2, -0.15) is 0 Å².